The summed E-state index contributed by atoms with van der Waals surface area (Å²) in [6.45, 7) is 0.896. The quantitative estimate of drug-likeness (QED) is 0.417. The number of sulfone groups is 1. The number of alkyl halides is 3. The van der Waals surface area contributed by atoms with Crippen LogP contribution in [0.1, 0.15) is 46.4 Å². The van der Waals surface area contributed by atoms with Gasteiger partial charge in [-0.15, -0.1) is 10.2 Å². The van der Waals surface area contributed by atoms with Crippen molar-refractivity contribution in [2.24, 2.45) is 0 Å². The molecule has 2 aromatic heterocycles. The zero-order valence-electron chi connectivity index (χ0n) is 20.2. The van der Waals surface area contributed by atoms with Gasteiger partial charge < -0.3 is 10.1 Å². The van der Waals surface area contributed by atoms with Crippen LogP contribution in [0, 0.1) is 29.9 Å². The van der Waals surface area contributed by atoms with Crippen molar-refractivity contribution in [3.63, 3.8) is 0 Å². The third-order valence-corrected chi connectivity index (χ3v) is 7.37. The normalized spacial score (nSPS) is 14.7. The summed E-state index contributed by atoms with van der Waals surface area (Å²) in [5, 5.41) is 18.0. The van der Waals surface area contributed by atoms with E-state index in [9.17, 15) is 40.4 Å². The highest BCUT2D eigenvalue weighted by atomic mass is 32.2. The lowest BCUT2D eigenvalue weighted by Crippen LogP contribution is -2.34. The Morgan fingerprint density at radius 3 is 2.41 bits per heavy atom. The van der Waals surface area contributed by atoms with Gasteiger partial charge in [-0.25, -0.2) is 17.8 Å². The Hall–Kier alpha value is -4.19. The molecule has 0 aliphatic heterocycles. The van der Waals surface area contributed by atoms with Crippen LogP contribution in [0.4, 0.5) is 27.6 Å². The van der Waals surface area contributed by atoms with Gasteiger partial charge >= 0.3 is 6.18 Å². The van der Waals surface area contributed by atoms with Crippen molar-refractivity contribution in [3.8, 4) is 17.8 Å². The number of amides is 1. The first-order valence-electron chi connectivity index (χ1n) is 11.2. The van der Waals surface area contributed by atoms with Crippen LogP contribution < -0.4 is 10.1 Å². The number of rotatable bonds is 6. The molecule has 0 spiro atoms. The van der Waals surface area contributed by atoms with Crippen molar-refractivity contribution in [1.29, 1.82) is 5.26 Å². The van der Waals surface area contributed by atoms with Crippen molar-refractivity contribution in [1.82, 2.24) is 15.2 Å². The minimum absolute atomic E-state index is 0.0966. The molecule has 3 aromatic rings. The van der Waals surface area contributed by atoms with E-state index in [2.05, 4.69) is 20.5 Å². The molecule has 0 unspecified atom stereocenters. The maximum absolute atomic E-state index is 14.9. The molecule has 1 saturated carbocycles. The summed E-state index contributed by atoms with van der Waals surface area (Å²) in [6, 6.07) is 6.84. The Labute approximate surface area is 218 Å². The molecule has 0 bridgehead atoms. The number of carbonyl (C=O) groups excluding carboxylic acids is 1. The molecule has 1 fully saturated rings. The summed E-state index contributed by atoms with van der Waals surface area (Å²) < 4.78 is 99.2. The molecule has 1 N–H and O–H groups in total. The molecular formula is C24H18F5N5O4S. The highest BCUT2D eigenvalue weighted by Crippen LogP contribution is 2.45. The van der Waals surface area contributed by atoms with E-state index < -0.39 is 67.6 Å². The molecule has 2 heterocycles. The van der Waals surface area contributed by atoms with Crippen LogP contribution >= 0.6 is 0 Å². The van der Waals surface area contributed by atoms with Crippen LogP contribution in [0.15, 0.2) is 35.4 Å². The van der Waals surface area contributed by atoms with Gasteiger partial charge in [-0.3, -0.25) is 4.79 Å². The fraction of sp³-hybridized carbons (Fsp3) is 0.292. The van der Waals surface area contributed by atoms with Gasteiger partial charge in [-0.1, -0.05) is 6.07 Å². The van der Waals surface area contributed by atoms with Crippen LogP contribution in [-0.4, -0.2) is 35.8 Å². The number of anilines is 1. The van der Waals surface area contributed by atoms with E-state index in [0.29, 0.717) is 6.42 Å². The summed E-state index contributed by atoms with van der Waals surface area (Å²) in [7, 11) is -3.68. The molecular weight excluding hydrogens is 549 g/mol. The number of nitriles is 1. The van der Waals surface area contributed by atoms with Crippen molar-refractivity contribution in [3.05, 3.63) is 64.5 Å². The maximum Gasteiger partial charge on any atom is 0.435 e. The predicted molar refractivity (Wildman–Crippen MR) is 125 cm³/mol. The molecule has 204 valence electrons. The SMILES string of the molecule is Cc1c(C(F)(F)F)nnc(Oc2ncc(C3(C#N)CCC3)c(F)c2F)c1C(=O)Nc1cccc(S(C)(=O)=O)c1. The maximum atomic E-state index is 14.9. The largest absolute Gasteiger partial charge is 0.435 e. The number of nitrogens with zero attached hydrogens (tertiary/aromatic N) is 4. The molecule has 1 aromatic carbocycles. The smallest absolute Gasteiger partial charge is 0.415 e. The van der Waals surface area contributed by atoms with Gasteiger partial charge in [0.15, 0.2) is 21.3 Å². The van der Waals surface area contributed by atoms with Gasteiger partial charge in [0.05, 0.1) is 16.4 Å². The standard InChI is InChI=1S/C24H18F5N5O4S/c1-12-16(20(35)32-13-5-3-6-14(9-13)39(2,36)37)21(34-33-19(12)24(27,28)29)38-22-18(26)17(25)15(10-31-22)23(11-30)7-4-8-23/h3,5-6,9-10H,4,7-8H2,1-2H3,(H,32,35). The second-order valence-electron chi connectivity index (χ2n) is 8.86. The summed E-state index contributed by atoms with van der Waals surface area (Å²) in [6.07, 6.45) is -2.03. The first-order valence-corrected chi connectivity index (χ1v) is 13.1. The fourth-order valence-electron chi connectivity index (χ4n) is 4.02. The van der Waals surface area contributed by atoms with Crippen LogP contribution in [0.3, 0.4) is 0 Å². The molecule has 1 aliphatic rings. The molecule has 0 radical (unpaired) electrons. The number of aromatic nitrogens is 3. The Kier molecular flexibility index (Phi) is 7.02. The number of hydrogen-bond acceptors (Lipinski definition) is 8. The third-order valence-electron chi connectivity index (χ3n) is 6.26. The van der Waals surface area contributed by atoms with Crippen molar-refractivity contribution in [2.45, 2.75) is 42.7 Å². The van der Waals surface area contributed by atoms with E-state index in [1.54, 1.807) is 0 Å². The number of hydrogen-bond donors (Lipinski definition) is 1. The van der Waals surface area contributed by atoms with E-state index in [1.165, 1.54) is 18.2 Å². The molecule has 9 nitrogen and oxygen atoms in total. The minimum atomic E-state index is -5.04. The Bertz CT molecular complexity index is 1630. The number of pyridine rings is 1. The molecule has 15 heteroatoms. The lowest BCUT2D eigenvalue weighted by Gasteiger charge is -2.35. The molecule has 0 saturated heterocycles. The second kappa shape index (κ2) is 9.84. The lowest BCUT2D eigenvalue weighted by atomic mass is 9.66. The first-order chi connectivity index (χ1) is 18.2. The van der Waals surface area contributed by atoms with Crippen molar-refractivity contribution >= 4 is 21.4 Å². The number of halogens is 5. The highest BCUT2D eigenvalue weighted by molar-refractivity contribution is 7.90. The zero-order chi connectivity index (χ0) is 28.8. The monoisotopic (exact) mass is 567 g/mol. The van der Waals surface area contributed by atoms with Gasteiger partial charge in [0.2, 0.25) is 5.82 Å². The van der Waals surface area contributed by atoms with E-state index in [1.807, 2.05) is 6.07 Å². The molecule has 39 heavy (non-hydrogen) atoms. The van der Waals surface area contributed by atoms with E-state index >= 15 is 0 Å². The number of ether oxygens (including phenoxy) is 1. The second-order valence-corrected chi connectivity index (χ2v) is 10.9. The Morgan fingerprint density at radius 2 is 1.85 bits per heavy atom. The van der Waals surface area contributed by atoms with Gasteiger partial charge in [0.25, 0.3) is 17.7 Å². The average Bonchev–Trinajstić information content (AvgIpc) is 2.81. The number of carbonyl (C=O) groups is 1. The van der Waals surface area contributed by atoms with E-state index in [4.69, 9.17) is 4.74 Å². The Balaban J connectivity index is 1.76. The lowest BCUT2D eigenvalue weighted by molar-refractivity contribution is -0.142. The van der Waals surface area contributed by atoms with Crippen molar-refractivity contribution in [2.75, 3.05) is 11.6 Å². The van der Waals surface area contributed by atoms with Crippen LogP contribution in [0.5, 0.6) is 11.8 Å². The summed E-state index contributed by atoms with van der Waals surface area (Å²) >= 11 is 0. The molecule has 1 amide bonds. The van der Waals surface area contributed by atoms with Gasteiger partial charge in [-0.2, -0.15) is 22.8 Å². The van der Waals surface area contributed by atoms with Gasteiger partial charge in [-0.05, 0) is 49.9 Å². The molecule has 0 atom stereocenters. The Morgan fingerprint density at radius 1 is 1.15 bits per heavy atom. The van der Waals surface area contributed by atoms with Crippen LogP contribution in [0.2, 0.25) is 0 Å². The topological polar surface area (TPSA) is 135 Å². The summed E-state index contributed by atoms with van der Waals surface area (Å²) in [5.74, 6) is -6.27. The van der Waals surface area contributed by atoms with E-state index in [-0.39, 0.29) is 29.0 Å². The third kappa shape index (κ3) is 5.24. The predicted octanol–water partition coefficient (Wildman–Crippen LogP) is 4.87. The number of benzene rings is 1. The number of nitrogens with one attached hydrogen (secondary N) is 1. The molecule has 1 aliphatic carbocycles. The van der Waals surface area contributed by atoms with Crippen molar-refractivity contribution < 1.29 is 39.9 Å². The first kappa shape index (κ1) is 27.8. The average molecular weight is 567 g/mol. The van der Waals surface area contributed by atoms with Gasteiger partial charge in [0, 0.05) is 23.7 Å². The molecule has 4 rings (SSSR count). The summed E-state index contributed by atoms with van der Waals surface area (Å²) in [4.78, 5) is 16.6. The minimum Gasteiger partial charge on any atom is -0.415 e. The van der Waals surface area contributed by atoms with Crippen LogP contribution in [-0.2, 0) is 21.4 Å². The van der Waals surface area contributed by atoms with E-state index in [0.717, 1.165) is 25.4 Å². The summed E-state index contributed by atoms with van der Waals surface area (Å²) in [5.41, 5.74) is -4.77. The van der Waals surface area contributed by atoms with Crippen LogP contribution in [0.25, 0.3) is 0 Å². The zero-order valence-corrected chi connectivity index (χ0v) is 21.0. The highest BCUT2D eigenvalue weighted by Gasteiger charge is 2.43. The van der Waals surface area contributed by atoms with Gasteiger partial charge in [0.1, 0.15) is 5.56 Å². The fourth-order valence-corrected chi connectivity index (χ4v) is 4.69.